The van der Waals surface area contributed by atoms with Crippen molar-refractivity contribution in [3.8, 4) is 0 Å². The molecule has 0 radical (unpaired) electrons. The van der Waals surface area contributed by atoms with Crippen LogP contribution in [0.2, 0.25) is 0 Å². The molecular weight excluding hydrogens is 260 g/mol. The Kier molecular flexibility index (Phi) is 3.61. The Morgan fingerprint density at radius 1 is 1.37 bits per heavy atom. The van der Waals surface area contributed by atoms with E-state index in [4.69, 9.17) is 0 Å². The van der Waals surface area contributed by atoms with E-state index in [2.05, 4.69) is 15.6 Å². The van der Waals surface area contributed by atoms with Crippen molar-refractivity contribution in [1.29, 1.82) is 0 Å². The van der Waals surface area contributed by atoms with Crippen molar-refractivity contribution in [1.82, 2.24) is 15.2 Å². The van der Waals surface area contributed by atoms with Crippen molar-refractivity contribution < 1.29 is 4.79 Å². The van der Waals surface area contributed by atoms with E-state index in [0.717, 1.165) is 41.5 Å². The first-order chi connectivity index (χ1) is 9.33. The maximum atomic E-state index is 12.0. The summed E-state index contributed by atoms with van der Waals surface area (Å²) in [4.78, 5) is 18.3. The summed E-state index contributed by atoms with van der Waals surface area (Å²) in [5.74, 6) is 0.140. The van der Waals surface area contributed by atoms with Crippen LogP contribution in [0, 0.1) is 0 Å². The summed E-state index contributed by atoms with van der Waals surface area (Å²) in [5, 5.41) is 7.17. The average molecular weight is 276 g/mol. The molecule has 6 heteroatoms. The van der Waals surface area contributed by atoms with E-state index in [0.29, 0.717) is 6.54 Å². The number of carbonyl (C=O) groups excluding carboxylic acids is 1. The number of piperazine rings is 1. The zero-order valence-electron chi connectivity index (χ0n) is 10.6. The number of hydrogen-bond donors (Lipinski definition) is 2. The Bertz CT molecular complexity index is 544. The van der Waals surface area contributed by atoms with Gasteiger partial charge in [-0.05, 0) is 12.1 Å². The molecule has 1 aliphatic heterocycles. The lowest BCUT2D eigenvalue weighted by Gasteiger charge is -2.27. The summed E-state index contributed by atoms with van der Waals surface area (Å²) >= 11 is 1.58. The lowest BCUT2D eigenvalue weighted by molar-refractivity contribution is -0.129. The van der Waals surface area contributed by atoms with Gasteiger partial charge in [0.15, 0.2) is 5.13 Å². The number of amides is 1. The van der Waals surface area contributed by atoms with Gasteiger partial charge >= 0.3 is 0 Å². The summed E-state index contributed by atoms with van der Waals surface area (Å²) in [6, 6.07) is 7.99. The Labute approximate surface area is 115 Å². The Balaban J connectivity index is 1.60. The molecule has 1 aromatic heterocycles. The van der Waals surface area contributed by atoms with Crippen molar-refractivity contribution in [2.24, 2.45) is 0 Å². The van der Waals surface area contributed by atoms with Gasteiger partial charge in [0.05, 0.1) is 16.8 Å². The number of rotatable bonds is 3. The van der Waals surface area contributed by atoms with Crippen molar-refractivity contribution in [3.63, 3.8) is 0 Å². The second-order valence-electron chi connectivity index (χ2n) is 4.47. The highest BCUT2D eigenvalue weighted by molar-refractivity contribution is 7.22. The average Bonchev–Trinajstić information content (AvgIpc) is 2.88. The minimum Gasteiger partial charge on any atom is -0.352 e. The van der Waals surface area contributed by atoms with E-state index in [9.17, 15) is 4.79 Å². The van der Waals surface area contributed by atoms with Gasteiger partial charge in [0.2, 0.25) is 5.91 Å². The van der Waals surface area contributed by atoms with Crippen LogP contribution >= 0.6 is 11.3 Å². The largest absolute Gasteiger partial charge is 0.352 e. The molecule has 1 amide bonds. The van der Waals surface area contributed by atoms with Crippen LogP contribution in [0.5, 0.6) is 0 Å². The van der Waals surface area contributed by atoms with E-state index in [1.807, 2.05) is 29.2 Å². The number of thiazole rings is 1. The number of anilines is 1. The number of hydrogen-bond acceptors (Lipinski definition) is 5. The van der Waals surface area contributed by atoms with E-state index in [-0.39, 0.29) is 5.91 Å². The molecule has 1 fully saturated rings. The molecular formula is C13H16N4OS. The van der Waals surface area contributed by atoms with Gasteiger partial charge in [0.25, 0.3) is 0 Å². The third kappa shape index (κ3) is 2.85. The molecule has 2 N–H and O–H groups in total. The van der Waals surface area contributed by atoms with E-state index in [1.54, 1.807) is 11.3 Å². The second kappa shape index (κ2) is 5.54. The molecule has 0 bridgehead atoms. The predicted molar refractivity (Wildman–Crippen MR) is 77.6 cm³/mol. The summed E-state index contributed by atoms with van der Waals surface area (Å²) < 4.78 is 1.14. The first-order valence-electron chi connectivity index (χ1n) is 6.41. The van der Waals surface area contributed by atoms with Gasteiger partial charge in [0, 0.05) is 26.2 Å². The van der Waals surface area contributed by atoms with E-state index >= 15 is 0 Å². The van der Waals surface area contributed by atoms with Crippen molar-refractivity contribution in [2.75, 3.05) is 38.0 Å². The molecule has 100 valence electrons. The molecule has 0 aliphatic carbocycles. The third-order valence-electron chi connectivity index (χ3n) is 3.15. The van der Waals surface area contributed by atoms with Crippen LogP contribution in [0.15, 0.2) is 24.3 Å². The zero-order valence-corrected chi connectivity index (χ0v) is 11.4. The highest BCUT2D eigenvalue weighted by Crippen LogP contribution is 2.25. The highest BCUT2D eigenvalue weighted by Gasteiger charge is 2.16. The molecule has 0 saturated carbocycles. The lowest BCUT2D eigenvalue weighted by atomic mass is 10.3. The standard InChI is InChI=1S/C13H16N4OS/c18-12(17-7-5-14-6-8-17)9-15-13-16-10-3-1-2-4-11(10)19-13/h1-4,14H,5-9H2,(H,15,16). The Morgan fingerprint density at radius 2 is 2.16 bits per heavy atom. The maximum absolute atomic E-state index is 12.0. The Morgan fingerprint density at radius 3 is 2.95 bits per heavy atom. The van der Waals surface area contributed by atoms with Crippen LogP contribution in [0.25, 0.3) is 10.2 Å². The van der Waals surface area contributed by atoms with Crippen LogP contribution in [-0.4, -0.2) is 48.5 Å². The third-order valence-corrected chi connectivity index (χ3v) is 4.15. The molecule has 0 unspecified atom stereocenters. The van der Waals surface area contributed by atoms with Gasteiger partial charge in [-0.3, -0.25) is 4.79 Å². The molecule has 1 aliphatic rings. The quantitative estimate of drug-likeness (QED) is 0.882. The van der Waals surface area contributed by atoms with Crippen molar-refractivity contribution >= 4 is 32.6 Å². The number of para-hydroxylation sites is 1. The Hall–Kier alpha value is -1.66. The van der Waals surface area contributed by atoms with Crippen LogP contribution < -0.4 is 10.6 Å². The van der Waals surface area contributed by atoms with Gasteiger partial charge in [-0.25, -0.2) is 4.98 Å². The first-order valence-corrected chi connectivity index (χ1v) is 7.22. The maximum Gasteiger partial charge on any atom is 0.242 e. The second-order valence-corrected chi connectivity index (χ2v) is 5.50. The van der Waals surface area contributed by atoms with E-state index < -0.39 is 0 Å². The molecule has 5 nitrogen and oxygen atoms in total. The monoisotopic (exact) mass is 276 g/mol. The fourth-order valence-electron chi connectivity index (χ4n) is 2.13. The SMILES string of the molecule is O=C(CNc1nc2ccccc2s1)N1CCNCC1. The number of benzene rings is 1. The highest BCUT2D eigenvalue weighted by atomic mass is 32.1. The van der Waals surface area contributed by atoms with Gasteiger partial charge in [-0.2, -0.15) is 0 Å². The van der Waals surface area contributed by atoms with Crippen LogP contribution in [-0.2, 0) is 4.79 Å². The van der Waals surface area contributed by atoms with Crippen molar-refractivity contribution in [2.45, 2.75) is 0 Å². The van der Waals surface area contributed by atoms with E-state index in [1.165, 1.54) is 0 Å². The number of fused-ring (bicyclic) bond motifs is 1. The lowest BCUT2D eigenvalue weighted by Crippen LogP contribution is -2.48. The summed E-state index contributed by atoms with van der Waals surface area (Å²) in [7, 11) is 0. The smallest absolute Gasteiger partial charge is 0.242 e. The zero-order chi connectivity index (χ0) is 13.1. The number of carbonyl (C=O) groups is 1. The molecule has 19 heavy (non-hydrogen) atoms. The number of nitrogens with zero attached hydrogens (tertiary/aromatic N) is 2. The molecule has 2 heterocycles. The molecule has 1 aromatic carbocycles. The van der Waals surface area contributed by atoms with Crippen LogP contribution in [0.1, 0.15) is 0 Å². The van der Waals surface area contributed by atoms with Crippen LogP contribution in [0.3, 0.4) is 0 Å². The van der Waals surface area contributed by atoms with Gasteiger partial charge in [-0.15, -0.1) is 0 Å². The molecule has 0 spiro atoms. The minimum atomic E-state index is 0.140. The summed E-state index contributed by atoms with van der Waals surface area (Å²) in [6.45, 7) is 3.67. The van der Waals surface area contributed by atoms with Gasteiger partial charge < -0.3 is 15.5 Å². The normalized spacial score (nSPS) is 15.7. The fraction of sp³-hybridized carbons (Fsp3) is 0.385. The van der Waals surface area contributed by atoms with Gasteiger partial charge in [0.1, 0.15) is 0 Å². The summed E-state index contributed by atoms with van der Waals surface area (Å²) in [6.07, 6.45) is 0. The summed E-state index contributed by atoms with van der Waals surface area (Å²) in [5.41, 5.74) is 0.977. The first kappa shape index (κ1) is 12.4. The molecule has 3 rings (SSSR count). The number of nitrogens with one attached hydrogen (secondary N) is 2. The molecule has 1 saturated heterocycles. The topological polar surface area (TPSA) is 57.3 Å². The molecule has 0 atom stereocenters. The van der Waals surface area contributed by atoms with Crippen LogP contribution in [0.4, 0.5) is 5.13 Å². The van der Waals surface area contributed by atoms with Crippen molar-refractivity contribution in [3.05, 3.63) is 24.3 Å². The van der Waals surface area contributed by atoms with Gasteiger partial charge in [-0.1, -0.05) is 23.5 Å². The predicted octanol–water partition coefficient (Wildman–Crippen LogP) is 1.14. The number of aromatic nitrogens is 1. The molecule has 2 aromatic rings. The minimum absolute atomic E-state index is 0.140. The fourth-order valence-corrected chi connectivity index (χ4v) is 2.99.